The van der Waals surface area contributed by atoms with Gasteiger partial charge in [-0.05, 0) is 28.2 Å². The Labute approximate surface area is 175 Å². The van der Waals surface area contributed by atoms with Gasteiger partial charge in [0.2, 0.25) is 5.91 Å². The van der Waals surface area contributed by atoms with Crippen molar-refractivity contribution in [1.29, 1.82) is 0 Å². The maximum atomic E-state index is 12.5. The van der Waals surface area contributed by atoms with Gasteiger partial charge < -0.3 is 20.5 Å². The van der Waals surface area contributed by atoms with E-state index in [0.717, 1.165) is 22.3 Å². The lowest BCUT2D eigenvalue weighted by molar-refractivity contribution is -0.138. The molecule has 0 heterocycles. The van der Waals surface area contributed by atoms with Crippen molar-refractivity contribution in [1.82, 2.24) is 10.6 Å². The highest BCUT2D eigenvalue weighted by molar-refractivity contribution is 5.88. The number of aliphatic carboxylic acids is 1. The van der Waals surface area contributed by atoms with E-state index in [9.17, 15) is 14.4 Å². The number of amides is 2. The Bertz CT molecular complexity index is 897. The SMILES string of the molecule is CC[C@@H](C)[C@H](NC(=O)OCC1c2ccccc2-c2ccccc21)C(=O)NCC(=O)O. The van der Waals surface area contributed by atoms with E-state index in [1.165, 1.54) is 0 Å². The topological polar surface area (TPSA) is 105 Å². The number of carbonyl (C=O) groups is 3. The number of rotatable bonds is 8. The molecule has 7 nitrogen and oxygen atoms in total. The minimum absolute atomic E-state index is 0.0777. The van der Waals surface area contributed by atoms with Gasteiger partial charge in [0, 0.05) is 5.92 Å². The molecule has 1 aliphatic carbocycles. The molecule has 3 rings (SSSR count). The number of hydrogen-bond acceptors (Lipinski definition) is 4. The van der Waals surface area contributed by atoms with Crippen molar-refractivity contribution in [3.63, 3.8) is 0 Å². The van der Waals surface area contributed by atoms with Crippen molar-refractivity contribution in [3.05, 3.63) is 59.7 Å². The van der Waals surface area contributed by atoms with Crippen LogP contribution in [0.1, 0.15) is 37.3 Å². The number of benzene rings is 2. The van der Waals surface area contributed by atoms with Gasteiger partial charge in [0.05, 0.1) is 0 Å². The fraction of sp³-hybridized carbons (Fsp3) is 0.348. The Hall–Kier alpha value is -3.35. The van der Waals surface area contributed by atoms with E-state index in [2.05, 4.69) is 22.8 Å². The van der Waals surface area contributed by atoms with Gasteiger partial charge in [-0.25, -0.2) is 4.79 Å². The molecule has 0 saturated heterocycles. The number of ether oxygens (including phenoxy) is 1. The Kier molecular flexibility index (Phi) is 6.72. The van der Waals surface area contributed by atoms with Gasteiger partial charge in [0.1, 0.15) is 19.2 Å². The van der Waals surface area contributed by atoms with E-state index in [4.69, 9.17) is 9.84 Å². The normalized spacial score (nSPS) is 14.2. The van der Waals surface area contributed by atoms with Crippen LogP contribution in [0, 0.1) is 5.92 Å². The molecule has 30 heavy (non-hydrogen) atoms. The predicted molar refractivity (Wildman–Crippen MR) is 112 cm³/mol. The molecule has 158 valence electrons. The zero-order chi connectivity index (χ0) is 21.7. The summed E-state index contributed by atoms with van der Waals surface area (Å²) < 4.78 is 5.49. The zero-order valence-electron chi connectivity index (χ0n) is 17.1. The molecule has 0 aromatic heterocycles. The van der Waals surface area contributed by atoms with Gasteiger partial charge in [-0.3, -0.25) is 9.59 Å². The standard InChI is InChI=1S/C23H26N2O5/c1-3-14(2)21(22(28)24-12-20(26)27)25-23(29)30-13-19-17-10-6-4-8-15(17)16-9-5-7-11-18(16)19/h4-11,14,19,21H,3,12-13H2,1-2H3,(H,24,28)(H,25,29)(H,26,27)/t14-,21+/m1/s1. The van der Waals surface area contributed by atoms with Crippen molar-refractivity contribution in [2.45, 2.75) is 32.2 Å². The molecule has 2 amide bonds. The second-order valence-corrected chi connectivity index (χ2v) is 7.44. The highest BCUT2D eigenvalue weighted by atomic mass is 16.5. The molecule has 0 bridgehead atoms. The predicted octanol–water partition coefficient (Wildman–Crippen LogP) is 3.14. The fourth-order valence-corrected chi connectivity index (χ4v) is 3.74. The summed E-state index contributed by atoms with van der Waals surface area (Å²) in [5, 5.41) is 13.7. The average Bonchev–Trinajstić information content (AvgIpc) is 3.07. The molecule has 0 aliphatic heterocycles. The van der Waals surface area contributed by atoms with E-state index in [1.54, 1.807) is 0 Å². The Morgan fingerprint density at radius 2 is 1.60 bits per heavy atom. The lowest BCUT2D eigenvalue weighted by Crippen LogP contribution is -2.51. The third-order valence-corrected chi connectivity index (χ3v) is 5.53. The minimum atomic E-state index is -1.15. The maximum absolute atomic E-state index is 12.5. The molecule has 0 saturated carbocycles. The number of fused-ring (bicyclic) bond motifs is 3. The van der Waals surface area contributed by atoms with E-state index in [-0.39, 0.29) is 18.4 Å². The quantitative estimate of drug-likeness (QED) is 0.620. The molecule has 3 N–H and O–H groups in total. The molecule has 2 atom stereocenters. The van der Waals surface area contributed by atoms with Crippen LogP contribution in [0.4, 0.5) is 4.79 Å². The zero-order valence-corrected chi connectivity index (χ0v) is 17.1. The van der Waals surface area contributed by atoms with Gasteiger partial charge in [0.25, 0.3) is 0 Å². The van der Waals surface area contributed by atoms with Crippen molar-refractivity contribution >= 4 is 18.0 Å². The average molecular weight is 410 g/mol. The number of hydrogen-bond donors (Lipinski definition) is 3. The van der Waals surface area contributed by atoms with Crippen LogP contribution in [0.3, 0.4) is 0 Å². The minimum Gasteiger partial charge on any atom is -0.480 e. The van der Waals surface area contributed by atoms with Crippen LogP contribution in [-0.4, -0.2) is 42.3 Å². The highest BCUT2D eigenvalue weighted by Gasteiger charge is 2.30. The lowest BCUT2D eigenvalue weighted by atomic mass is 9.98. The van der Waals surface area contributed by atoms with Crippen molar-refractivity contribution in [3.8, 4) is 11.1 Å². The number of carbonyl (C=O) groups excluding carboxylic acids is 2. The molecule has 0 unspecified atom stereocenters. The summed E-state index contributed by atoms with van der Waals surface area (Å²) in [5.74, 6) is -1.95. The van der Waals surface area contributed by atoms with E-state index in [1.807, 2.05) is 50.2 Å². The lowest BCUT2D eigenvalue weighted by Gasteiger charge is -2.23. The molecule has 0 fully saturated rings. The van der Waals surface area contributed by atoms with E-state index in [0.29, 0.717) is 6.42 Å². The number of alkyl carbamates (subject to hydrolysis) is 1. The highest BCUT2D eigenvalue weighted by Crippen LogP contribution is 2.44. The van der Waals surface area contributed by atoms with E-state index < -0.39 is 30.6 Å². The van der Waals surface area contributed by atoms with Crippen LogP contribution in [0.5, 0.6) is 0 Å². The van der Waals surface area contributed by atoms with Crippen LogP contribution in [-0.2, 0) is 14.3 Å². The molecular formula is C23H26N2O5. The first-order valence-corrected chi connectivity index (χ1v) is 10.0. The first-order chi connectivity index (χ1) is 14.4. The summed E-state index contributed by atoms with van der Waals surface area (Å²) >= 11 is 0. The summed E-state index contributed by atoms with van der Waals surface area (Å²) in [6.07, 6.45) is -0.0675. The summed E-state index contributed by atoms with van der Waals surface area (Å²) in [5.41, 5.74) is 4.47. The Morgan fingerprint density at radius 1 is 1.03 bits per heavy atom. The van der Waals surface area contributed by atoms with Crippen LogP contribution >= 0.6 is 0 Å². The third-order valence-electron chi connectivity index (χ3n) is 5.53. The van der Waals surface area contributed by atoms with Gasteiger partial charge in [0.15, 0.2) is 0 Å². The maximum Gasteiger partial charge on any atom is 0.407 e. The molecule has 0 radical (unpaired) electrons. The molecular weight excluding hydrogens is 384 g/mol. The molecule has 2 aromatic rings. The molecule has 1 aliphatic rings. The van der Waals surface area contributed by atoms with Crippen molar-refractivity contribution in [2.75, 3.05) is 13.2 Å². The Morgan fingerprint density at radius 3 is 2.13 bits per heavy atom. The number of carboxylic acids is 1. The number of carboxylic acid groups (broad SMARTS) is 1. The van der Waals surface area contributed by atoms with Gasteiger partial charge in [-0.1, -0.05) is 68.8 Å². The van der Waals surface area contributed by atoms with Gasteiger partial charge >= 0.3 is 12.1 Å². The van der Waals surface area contributed by atoms with Crippen LogP contribution in [0.25, 0.3) is 11.1 Å². The number of nitrogens with one attached hydrogen (secondary N) is 2. The molecule has 7 heteroatoms. The second kappa shape index (κ2) is 9.43. The smallest absolute Gasteiger partial charge is 0.407 e. The van der Waals surface area contributed by atoms with Crippen LogP contribution in [0.15, 0.2) is 48.5 Å². The summed E-state index contributed by atoms with van der Waals surface area (Å²) in [6, 6.07) is 15.2. The fourth-order valence-electron chi connectivity index (χ4n) is 3.74. The molecule has 0 spiro atoms. The molecule has 2 aromatic carbocycles. The first kappa shape index (κ1) is 21.4. The van der Waals surface area contributed by atoms with Crippen LogP contribution < -0.4 is 10.6 Å². The third kappa shape index (κ3) is 4.62. The second-order valence-electron chi connectivity index (χ2n) is 7.44. The largest absolute Gasteiger partial charge is 0.480 e. The Balaban J connectivity index is 1.67. The van der Waals surface area contributed by atoms with Crippen molar-refractivity contribution < 1.29 is 24.2 Å². The summed E-state index contributed by atoms with van der Waals surface area (Å²) in [7, 11) is 0. The van der Waals surface area contributed by atoms with Gasteiger partial charge in [-0.15, -0.1) is 0 Å². The van der Waals surface area contributed by atoms with Crippen LogP contribution in [0.2, 0.25) is 0 Å². The van der Waals surface area contributed by atoms with E-state index >= 15 is 0 Å². The van der Waals surface area contributed by atoms with Gasteiger partial charge in [-0.2, -0.15) is 0 Å². The first-order valence-electron chi connectivity index (χ1n) is 10.0. The summed E-state index contributed by atoms with van der Waals surface area (Å²) in [6.45, 7) is 3.35. The summed E-state index contributed by atoms with van der Waals surface area (Å²) in [4.78, 5) is 35.5. The van der Waals surface area contributed by atoms with Crippen molar-refractivity contribution in [2.24, 2.45) is 5.92 Å². The monoisotopic (exact) mass is 410 g/mol.